The number of carbonyl (C=O) groups is 1. The fraction of sp³-hybridized carbons (Fsp3) is 0.654. The van der Waals surface area contributed by atoms with Crippen LogP contribution in [-0.2, 0) is 10.9 Å². The second kappa shape index (κ2) is 11.3. The Morgan fingerprint density at radius 3 is 2.59 bits per heavy atom. The van der Waals surface area contributed by atoms with E-state index in [1.54, 1.807) is 18.3 Å². The Hall–Kier alpha value is -2.83. The smallest absolute Gasteiger partial charge is 0.394 e. The Bertz CT molecular complexity index is 1250. The van der Waals surface area contributed by atoms with Crippen LogP contribution in [0.25, 0.3) is 5.82 Å². The maximum absolute atomic E-state index is 13.1. The van der Waals surface area contributed by atoms with E-state index in [2.05, 4.69) is 30.8 Å². The molecule has 2 fully saturated rings. The number of alkyl halides is 3. The molecule has 0 radical (unpaired) electrons. The molecule has 0 bridgehead atoms. The molecule has 3 heterocycles. The first-order valence-electron chi connectivity index (χ1n) is 13.3. The van der Waals surface area contributed by atoms with Crippen molar-refractivity contribution < 1.29 is 31.1 Å². The maximum Gasteiger partial charge on any atom is 0.394 e. The van der Waals surface area contributed by atoms with Crippen molar-refractivity contribution in [1.82, 2.24) is 19.5 Å². The van der Waals surface area contributed by atoms with Crippen molar-refractivity contribution in [3.8, 4) is 11.7 Å². The first-order valence-corrected chi connectivity index (χ1v) is 14.5. The first-order chi connectivity index (χ1) is 18.3. The molecule has 1 aliphatic heterocycles. The van der Waals surface area contributed by atoms with Crippen molar-refractivity contribution in [3.63, 3.8) is 0 Å². The SMILES string of the molecule is CCCC[C@@H]1CN(c2nc(-n3ccc(OCCCC4(C(F)(F)F)CC4)n3)ccc2C(=O)N[SH](=O)=O)C(C)(C)C1. The lowest BCUT2D eigenvalue weighted by atomic mass is 9.93. The number of halogens is 3. The molecule has 4 rings (SSSR count). The van der Waals surface area contributed by atoms with Crippen molar-refractivity contribution in [1.29, 1.82) is 0 Å². The van der Waals surface area contributed by atoms with Crippen molar-refractivity contribution in [3.05, 3.63) is 30.0 Å². The molecule has 39 heavy (non-hydrogen) atoms. The lowest BCUT2D eigenvalue weighted by Crippen LogP contribution is -2.40. The predicted molar refractivity (Wildman–Crippen MR) is 141 cm³/mol. The van der Waals surface area contributed by atoms with Crippen molar-refractivity contribution >= 4 is 22.6 Å². The highest BCUT2D eigenvalue weighted by atomic mass is 32.2. The normalized spacial score (nSPS) is 19.9. The van der Waals surface area contributed by atoms with E-state index in [9.17, 15) is 26.4 Å². The third-order valence-electron chi connectivity index (χ3n) is 7.78. The summed E-state index contributed by atoms with van der Waals surface area (Å²) in [5.74, 6) is 0.663. The molecule has 9 nitrogen and oxygen atoms in total. The van der Waals surface area contributed by atoms with Gasteiger partial charge in [0.25, 0.3) is 5.91 Å². The average molecular weight is 572 g/mol. The zero-order valence-electron chi connectivity index (χ0n) is 22.5. The molecule has 1 amide bonds. The molecule has 1 saturated carbocycles. The van der Waals surface area contributed by atoms with Gasteiger partial charge in [0, 0.05) is 24.3 Å². The lowest BCUT2D eigenvalue weighted by Gasteiger charge is -2.33. The highest BCUT2D eigenvalue weighted by Gasteiger charge is 2.62. The minimum absolute atomic E-state index is 0.0332. The Labute approximate surface area is 228 Å². The van der Waals surface area contributed by atoms with E-state index in [0.29, 0.717) is 24.1 Å². The van der Waals surface area contributed by atoms with Gasteiger partial charge in [-0.3, -0.25) is 9.52 Å². The van der Waals surface area contributed by atoms with Gasteiger partial charge in [0.1, 0.15) is 5.82 Å². The number of hydrogen-bond acceptors (Lipinski definition) is 7. The Balaban J connectivity index is 1.52. The molecule has 1 saturated heterocycles. The molecule has 0 spiro atoms. The van der Waals surface area contributed by atoms with E-state index >= 15 is 0 Å². The molecule has 0 aromatic carbocycles. The number of hydrogen-bond donors (Lipinski definition) is 2. The lowest BCUT2D eigenvalue weighted by molar-refractivity contribution is -0.189. The summed E-state index contributed by atoms with van der Waals surface area (Å²) in [5, 5.41) is 4.36. The monoisotopic (exact) mass is 571 g/mol. The molecular weight excluding hydrogens is 535 g/mol. The third-order valence-corrected chi connectivity index (χ3v) is 8.17. The van der Waals surface area contributed by atoms with Gasteiger partial charge in [-0.2, -0.15) is 13.2 Å². The van der Waals surface area contributed by atoms with Gasteiger partial charge in [-0.1, -0.05) is 19.8 Å². The summed E-state index contributed by atoms with van der Waals surface area (Å²) in [5.41, 5.74) is -1.72. The summed E-state index contributed by atoms with van der Waals surface area (Å²) in [6, 6.07) is 4.68. The van der Waals surface area contributed by atoms with Crippen LogP contribution in [0.1, 0.15) is 82.5 Å². The van der Waals surface area contributed by atoms with E-state index in [-0.39, 0.29) is 49.3 Å². The summed E-state index contributed by atoms with van der Waals surface area (Å²) in [6.45, 7) is 7.09. The molecule has 2 aliphatic rings. The minimum atomic E-state index is -4.18. The van der Waals surface area contributed by atoms with E-state index in [1.807, 2.05) is 4.72 Å². The number of amides is 1. The molecule has 1 atom stereocenters. The second-order valence-electron chi connectivity index (χ2n) is 11.2. The van der Waals surface area contributed by atoms with Gasteiger partial charge in [-0.25, -0.2) is 18.1 Å². The number of carbonyl (C=O) groups excluding carboxylic acids is 1. The van der Waals surface area contributed by atoms with Crippen LogP contribution in [0.2, 0.25) is 0 Å². The maximum atomic E-state index is 13.1. The fourth-order valence-corrected chi connectivity index (χ4v) is 5.75. The number of unbranched alkanes of at least 4 members (excludes halogenated alkanes) is 1. The molecule has 2 aromatic heterocycles. The van der Waals surface area contributed by atoms with Gasteiger partial charge >= 0.3 is 6.18 Å². The van der Waals surface area contributed by atoms with E-state index in [0.717, 1.165) is 25.7 Å². The van der Waals surface area contributed by atoms with Gasteiger partial charge in [0.05, 0.1) is 17.6 Å². The third kappa shape index (κ3) is 6.67. The molecule has 2 aromatic rings. The van der Waals surface area contributed by atoms with Gasteiger partial charge in [-0.05, 0) is 70.4 Å². The second-order valence-corrected chi connectivity index (χ2v) is 11.9. The van der Waals surface area contributed by atoms with Crippen LogP contribution < -0.4 is 14.4 Å². The van der Waals surface area contributed by atoms with Gasteiger partial charge in [-0.15, -0.1) is 5.10 Å². The summed E-state index contributed by atoms with van der Waals surface area (Å²) in [6.07, 6.45) is 2.23. The quantitative estimate of drug-likeness (QED) is 0.278. The number of anilines is 1. The number of nitrogens with zero attached hydrogens (tertiary/aromatic N) is 4. The van der Waals surface area contributed by atoms with Crippen LogP contribution in [0, 0.1) is 11.3 Å². The minimum Gasteiger partial charge on any atom is -0.477 e. The number of nitrogens with one attached hydrogen (secondary N) is 1. The summed E-state index contributed by atoms with van der Waals surface area (Å²) < 4.78 is 70.8. The zero-order chi connectivity index (χ0) is 28.4. The van der Waals surface area contributed by atoms with E-state index < -0.39 is 28.4 Å². The topological polar surface area (TPSA) is 106 Å². The Morgan fingerprint density at radius 1 is 1.21 bits per heavy atom. The molecule has 1 aliphatic carbocycles. The van der Waals surface area contributed by atoms with Gasteiger partial charge in [0.15, 0.2) is 5.82 Å². The van der Waals surface area contributed by atoms with Gasteiger partial charge < -0.3 is 9.64 Å². The number of ether oxygens (including phenoxy) is 1. The average Bonchev–Trinajstić information content (AvgIpc) is 3.41. The summed E-state index contributed by atoms with van der Waals surface area (Å²) >= 11 is 0. The highest BCUT2D eigenvalue weighted by Crippen LogP contribution is 2.60. The Morgan fingerprint density at radius 2 is 1.95 bits per heavy atom. The fourth-order valence-electron chi connectivity index (χ4n) is 5.46. The molecule has 0 unspecified atom stereocenters. The number of rotatable bonds is 12. The van der Waals surface area contributed by atoms with Crippen LogP contribution in [0.5, 0.6) is 5.88 Å². The zero-order valence-corrected chi connectivity index (χ0v) is 23.4. The van der Waals surface area contributed by atoms with Crippen molar-refractivity contribution in [2.75, 3.05) is 18.1 Å². The van der Waals surface area contributed by atoms with E-state index in [4.69, 9.17) is 9.72 Å². The van der Waals surface area contributed by atoms with Crippen LogP contribution >= 0.6 is 0 Å². The molecular formula is C26H36F3N5O4S. The molecule has 1 N–H and O–H groups in total. The van der Waals surface area contributed by atoms with Crippen LogP contribution in [0.3, 0.4) is 0 Å². The largest absolute Gasteiger partial charge is 0.477 e. The summed E-state index contributed by atoms with van der Waals surface area (Å²) in [4.78, 5) is 19.5. The van der Waals surface area contributed by atoms with Crippen molar-refractivity contribution in [2.24, 2.45) is 11.3 Å². The van der Waals surface area contributed by atoms with Gasteiger partial charge in [0.2, 0.25) is 16.8 Å². The standard InChI is InChI=1S/C26H36F3N5O4S/c1-4-5-7-18-16-24(2,3)33(17-18)22-19(23(35)32-39(36)37)8-9-20(30-22)34-14-10-21(31-34)38-15-6-11-25(12-13-25)26(27,28)29/h8-10,14,18,39H,4-7,11-13,15-17H2,1-3H3,(H,32,35,36,37)/t18-/m0/s1. The van der Waals surface area contributed by atoms with E-state index in [1.165, 1.54) is 10.7 Å². The van der Waals surface area contributed by atoms with Crippen LogP contribution in [-0.4, -0.2) is 54.0 Å². The van der Waals surface area contributed by atoms with Crippen LogP contribution in [0.15, 0.2) is 24.4 Å². The molecule has 216 valence electrons. The number of aromatic nitrogens is 3. The van der Waals surface area contributed by atoms with Crippen LogP contribution in [0.4, 0.5) is 19.0 Å². The first kappa shape index (κ1) is 29.2. The Kier molecular flexibility index (Phi) is 8.48. The predicted octanol–water partition coefficient (Wildman–Crippen LogP) is 4.82. The molecule has 13 heteroatoms. The summed E-state index contributed by atoms with van der Waals surface area (Å²) in [7, 11) is -3.14. The number of thiol groups is 1. The van der Waals surface area contributed by atoms with Crippen molar-refractivity contribution in [2.45, 2.75) is 83.9 Å². The number of pyridine rings is 1. The highest BCUT2D eigenvalue weighted by molar-refractivity contribution is 7.71.